The maximum Gasteiger partial charge on any atom is 0.250 e. The van der Waals surface area contributed by atoms with E-state index in [0.29, 0.717) is 5.92 Å². The highest BCUT2D eigenvalue weighted by molar-refractivity contribution is 5.41. The van der Waals surface area contributed by atoms with Crippen molar-refractivity contribution in [3.8, 4) is 5.69 Å². The summed E-state index contributed by atoms with van der Waals surface area (Å²) in [7, 11) is 0. The monoisotopic (exact) mass is 272 g/mol. The van der Waals surface area contributed by atoms with E-state index in [1.165, 1.54) is 0 Å². The van der Waals surface area contributed by atoms with Crippen molar-refractivity contribution < 1.29 is 0 Å². The Hall–Kier alpha value is -1.95. The van der Waals surface area contributed by atoms with Gasteiger partial charge in [-0.3, -0.25) is 0 Å². The lowest BCUT2D eigenvalue weighted by Gasteiger charge is -2.36. The van der Waals surface area contributed by atoms with Gasteiger partial charge >= 0.3 is 0 Å². The van der Waals surface area contributed by atoms with Gasteiger partial charge in [0, 0.05) is 19.1 Å². The second kappa shape index (κ2) is 5.58. The zero-order chi connectivity index (χ0) is 13.9. The molecule has 3 rings (SSSR count). The molecule has 2 N–H and O–H groups in total. The van der Waals surface area contributed by atoms with E-state index >= 15 is 0 Å². The lowest BCUT2D eigenvalue weighted by molar-refractivity contribution is 0.344. The van der Waals surface area contributed by atoms with Crippen molar-refractivity contribution in [3.63, 3.8) is 0 Å². The van der Waals surface area contributed by atoms with Crippen molar-refractivity contribution in [2.75, 3.05) is 18.0 Å². The fraction of sp³-hybridized carbons (Fsp3) is 0.500. The van der Waals surface area contributed by atoms with Gasteiger partial charge in [0.2, 0.25) is 5.95 Å². The summed E-state index contributed by atoms with van der Waals surface area (Å²) in [5, 5.41) is 12.1. The minimum Gasteiger partial charge on any atom is -0.339 e. The summed E-state index contributed by atoms with van der Waals surface area (Å²) < 4.78 is 1.80. The predicted molar refractivity (Wildman–Crippen MR) is 77.7 cm³/mol. The van der Waals surface area contributed by atoms with Crippen LogP contribution >= 0.6 is 0 Å². The highest BCUT2D eigenvalue weighted by atomic mass is 15.6. The van der Waals surface area contributed by atoms with E-state index in [0.717, 1.165) is 37.6 Å². The van der Waals surface area contributed by atoms with Crippen LogP contribution in [0.1, 0.15) is 19.8 Å². The largest absolute Gasteiger partial charge is 0.339 e. The number of hydrogen-bond donors (Lipinski definition) is 1. The topological polar surface area (TPSA) is 72.9 Å². The number of benzene rings is 1. The van der Waals surface area contributed by atoms with Gasteiger partial charge in [-0.05, 0) is 34.9 Å². The summed E-state index contributed by atoms with van der Waals surface area (Å²) in [5.41, 5.74) is 7.15. The Balaban J connectivity index is 1.87. The summed E-state index contributed by atoms with van der Waals surface area (Å²) in [6.07, 6.45) is 2.07. The number of hydrogen-bond acceptors (Lipinski definition) is 5. The third-order valence-electron chi connectivity index (χ3n) is 4.05. The summed E-state index contributed by atoms with van der Waals surface area (Å²) in [5.74, 6) is 1.31. The Bertz CT molecular complexity index is 552. The van der Waals surface area contributed by atoms with Gasteiger partial charge in [0.25, 0.3) is 0 Å². The number of aromatic nitrogens is 4. The molecular weight excluding hydrogens is 252 g/mol. The molecular formula is C14H20N6. The smallest absolute Gasteiger partial charge is 0.250 e. The van der Waals surface area contributed by atoms with Crippen LogP contribution in [0.2, 0.25) is 0 Å². The third-order valence-corrected chi connectivity index (χ3v) is 4.05. The van der Waals surface area contributed by atoms with Crippen molar-refractivity contribution in [2.24, 2.45) is 11.7 Å². The first-order chi connectivity index (χ1) is 9.79. The molecule has 0 spiro atoms. The second-order valence-corrected chi connectivity index (χ2v) is 5.29. The molecule has 0 amide bonds. The third kappa shape index (κ3) is 2.38. The highest BCUT2D eigenvalue weighted by Crippen LogP contribution is 2.23. The van der Waals surface area contributed by atoms with Crippen LogP contribution in [-0.4, -0.2) is 39.3 Å². The summed E-state index contributed by atoms with van der Waals surface area (Å²) >= 11 is 0. The molecule has 6 nitrogen and oxygen atoms in total. The quantitative estimate of drug-likeness (QED) is 0.909. The average molecular weight is 272 g/mol. The lowest BCUT2D eigenvalue weighted by atomic mass is 9.91. The van der Waals surface area contributed by atoms with Gasteiger partial charge in [0.15, 0.2) is 0 Å². The Kier molecular flexibility index (Phi) is 3.64. The molecule has 1 fully saturated rings. The van der Waals surface area contributed by atoms with Crippen LogP contribution in [0.5, 0.6) is 0 Å². The van der Waals surface area contributed by atoms with Crippen LogP contribution in [0.25, 0.3) is 5.69 Å². The molecule has 106 valence electrons. The van der Waals surface area contributed by atoms with Gasteiger partial charge < -0.3 is 10.6 Å². The van der Waals surface area contributed by atoms with Crippen molar-refractivity contribution in [1.82, 2.24) is 20.2 Å². The minimum absolute atomic E-state index is 0.289. The molecule has 1 aliphatic rings. The molecule has 2 aromatic rings. The molecule has 2 atom stereocenters. The predicted octanol–water partition coefficient (Wildman–Crippen LogP) is 1.23. The fourth-order valence-corrected chi connectivity index (χ4v) is 2.78. The zero-order valence-corrected chi connectivity index (χ0v) is 11.7. The lowest BCUT2D eigenvalue weighted by Crippen LogP contribution is -2.47. The molecule has 0 radical (unpaired) electrons. The zero-order valence-electron chi connectivity index (χ0n) is 11.7. The number of nitrogens with zero attached hydrogens (tertiary/aromatic N) is 5. The first-order valence-corrected chi connectivity index (χ1v) is 7.14. The fourth-order valence-electron chi connectivity index (χ4n) is 2.78. The van der Waals surface area contributed by atoms with Gasteiger partial charge in [-0.1, -0.05) is 36.6 Å². The highest BCUT2D eigenvalue weighted by Gasteiger charge is 2.28. The standard InChI is InChI=1S/C14H20N6/c1-2-11-10-19(9-8-13(11)15)14-16-17-18-20(14)12-6-4-3-5-7-12/h3-7,11,13H,2,8-10,15H2,1H3. The number of nitrogens with two attached hydrogens (primary N) is 1. The number of piperidine rings is 1. The Morgan fingerprint density at radius 2 is 2.10 bits per heavy atom. The van der Waals surface area contributed by atoms with Crippen LogP contribution in [0.3, 0.4) is 0 Å². The molecule has 1 saturated heterocycles. The Morgan fingerprint density at radius 1 is 1.30 bits per heavy atom. The first-order valence-electron chi connectivity index (χ1n) is 7.14. The van der Waals surface area contributed by atoms with Gasteiger partial charge in [0.05, 0.1) is 5.69 Å². The summed E-state index contributed by atoms with van der Waals surface area (Å²) in [4.78, 5) is 2.24. The second-order valence-electron chi connectivity index (χ2n) is 5.29. The Labute approximate surface area is 118 Å². The van der Waals surface area contributed by atoms with Crippen LogP contribution in [0, 0.1) is 5.92 Å². The van der Waals surface area contributed by atoms with Crippen molar-refractivity contribution in [3.05, 3.63) is 30.3 Å². The molecule has 2 heterocycles. The van der Waals surface area contributed by atoms with Crippen LogP contribution in [0.4, 0.5) is 5.95 Å². The molecule has 2 unspecified atom stereocenters. The van der Waals surface area contributed by atoms with Crippen molar-refractivity contribution in [1.29, 1.82) is 0 Å². The summed E-state index contributed by atoms with van der Waals surface area (Å²) in [6.45, 7) is 4.02. The van der Waals surface area contributed by atoms with E-state index in [-0.39, 0.29) is 6.04 Å². The van der Waals surface area contributed by atoms with Crippen molar-refractivity contribution in [2.45, 2.75) is 25.8 Å². The first kappa shape index (κ1) is 13.1. The van der Waals surface area contributed by atoms with Crippen molar-refractivity contribution >= 4 is 5.95 Å². The molecule has 0 saturated carbocycles. The number of anilines is 1. The normalized spacial score (nSPS) is 23.0. The van der Waals surface area contributed by atoms with E-state index in [4.69, 9.17) is 5.73 Å². The maximum absolute atomic E-state index is 6.17. The van der Waals surface area contributed by atoms with Crippen LogP contribution < -0.4 is 10.6 Å². The molecule has 20 heavy (non-hydrogen) atoms. The SMILES string of the molecule is CCC1CN(c2nnnn2-c2ccccc2)CCC1N. The number of para-hydroxylation sites is 1. The molecule has 6 heteroatoms. The summed E-state index contributed by atoms with van der Waals surface area (Å²) in [6, 6.07) is 10.3. The van der Waals surface area contributed by atoms with E-state index in [9.17, 15) is 0 Å². The van der Waals surface area contributed by atoms with E-state index in [1.807, 2.05) is 30.3 Å². The molecule has 0 aliphatic carbocycles. The van der Waals surface area contributed by atoms with E-state index in [2.05, 4.69) is 27.3 Å². The van der Waals surface area contributed by atoms with Gasteiger partial charge in [-0.25, -0.2) is 0 Å². The van der Waals surface area contributed by atoms with Crippen LogP contribution in [0.15, 0.2) is 30.3 Å². The van der Waals surface area contributed by atoms with Crippen LogP contribution in [-0.2, 0) is 0 Å². The molecule has 1 aromatic carbocycles. The Morgan fingerprint density at radius 3 is 2.85 bits per heavy atom. The molecule has 1 aromatic heterocycles. The number of rotatable bonds is 3. The maximum atomic E-state index is 6.17. The van der Waals surface area contributed by atoms with Gasteiger partial charge in [0.1, 0.15) is 0 Å². The van der Waals surface area contributed by atoms with E-state index < -0.39 is 0 Å². The molecule has 0 bridgehead atoms. The van der Waals surface area contributed by atoms with Gasteiger partial charge in [-0.2, -0.15) is 4.68 Å². The molecule has 1 aliphatic heterocycles. The van der Waals surface area contributed by atoms with E-state index in [1.54, 1.807) is 4.68 Å². The average Bonchev–Trinajstić information content (AvgIpc) is 2.98. The number of tetrazole rings is 1. The minimum atomic E-state index is 0.289. The van der Waals surface area contributed by atoms with Gasteiger partial charge in [-0.15, -0.1) is 0 Å².